The van der Waals surface area contributed by atoms with Gasteiger partial charge in [0, 0.05) is 17.5 Å². The summed E-state index contributed by atoms with van der Waals surface area (Å²) in [6.07, 6.45) is 2.08. The molecule has 0 aliphatic heterocycles. The highest BCUT2D eigenvalue weighted by Gasteiger charge is 2.47. The van der Waals surface area contributed by atoms with Gasteiger partial charge in [0.2, 0.25) is 0 Å². The lowest BCUT2D eigenvalue weighted by Crippen LogP contribution is -2.57. The van der Waals surface area contributed by atoms with Crippen LogP contribution in [0.4, 0.5) is 0 Å². The monoisotopic (exact) mass is 346 g/mol. The fourth-order valence-electron chi connectivity index (χ4n) is 3.55. The van der Waals surface area contributed by atoms with Crippen molar-refractivity contribution >= 4 is 0 Å². The number of nitrogens with one attached hydrogen (secondary N) is 1. The summed E-state index contributed by atoms with van der Waals surface area (Å²) in [5.74, 6) is 3.03. The minimum atomic E-state index is -0.0503. The van der Waals surface area contributed by atoms with E-state index in [4.69, 9.17) is 14.0 Å². The minimum Gasteiger partial charge on any atom is -0.462 e. The van der Waals surface area contributed by atoms with Crippen LogP contribution in [-0.2, 0) is 25.0 Å². The van der Waals surface area contributed by atoms with Crippen molar-refractivity contribution in [3.63, 3.8) is 0 Å². The maximum absolute atomic E-state index is 9.07. The van der Waals surface area contributed by atoms with Crippen molar-refractivity contribution < 1.29 is 14.0 Å². The lowest BCUT2D eigenvalue weighted by molar-refractivity contribution is 0.0114. The summed E-state index contributed by atoms with van der Waals surface area (Å²) in [5.41, 5.74) is 1.26. The number of hydrogen-bond donors (Lipinski definition) is 2. The molecule has 1 aliphatic rings. The first-order chi connectivity index (χ1) is 11.7. The number of furan rings is 1. The van der Waals surface area contributed by atoms with E-state index >= 15 is 0 Å². The third-order valence-corrected chi connectivity index (χ3v) is 5.62. The van der Waals surface area contributed by atoms with Gasteiger partial charge < -0.3 is 19.4 Å². The van der Waals surface area contributed by atoms with E-state index in [-0.39, 0.29) is 17.4 Å². The number of aromatic nitrogens is 1. The molecule has 0 saturated heterocycles. The van der Waals surface area contributed by atoms with Crippen LogP contribution >= 0.6 is 0 Å². The summed E-state index contributed by atoms with van der Waals surface area (Å²) in [7, 11) is 0. The Hall–Kier alpha value is -1.59. The van der Waals surface area contributed by atoms with Crippen LogP contribution in [0.3, 0.4) is 0 Å². The molecular formula is C20H30N2O3. The van der Waals surface area contributed by atoms with Crippen molar-refractivity contribution in [3.8, 4) is 0 Å². The normalized spacial score (nSPS) is 22.8. The van der Waals surface area contributed by atoms with Crippen LogP contribution < -0.4 is 5.32 Å². The van der Waals surface area contributed by atoms with Crippen LogP contribution in [0.15, 0.2) is 27.1 Å². The van der Waals surface area contributed by atoms with Gasteiger partial charge in [0.25, 0.3) is 0 Å². The van der Waals surface area contributed by atoms with Gasteiger partial charge in [-0.25, -0.2) is 0 Å². The minimum absolute atomic E-state index is 0.000928. The second-order valence-electron chi connectivity index (χ2n) is 8.85. The lowest BCUT2D eigenvalue weighted by atomic mass is 9.57. The van der Waals surface area contributed by atoms with Crippen LogP contribution in [0.2, 0.25) is 0 Å². The lowest BCUT2D eigenvalue weighted by Gasteiger charge is -2.52. The SMILES string of the molecule is CC(C)(C)c1cc(C[C@@H]2C[C@H](NCc3ccc(CO)o3)C2(C)C)no1. The van der Waals surface area contributed by atoms with E-state index in [0.717, 1.165) is 30.1 Å². The molecule has 2 aromatic rings. The van der Waals surface area contributed by atoms with E-state index in [1.807, 2.05) is 12.1 Å². The molecule has 25 heavy (non-hydrogen) atoms. The number of aliphatic hydroxyl groups is 1. The number of rotatable bonds is 6. The van der Waals surface area contributed by atoms with Crippen LogP contribution in [0.1, 0.15) is 64.0 Å². The zero-order chi connectivity index (χ0) is 18.2. The molecule has 2 N–H and O–H groups in total. The predicted molar refractivity (Wildman–Crippen MR) is 96.1 cm³/mol. The predicted octanol–water partition coefficient (Wildman–Crippen LogP) is 3.80. The Morgan fingerprint density at radius 3 is 2.56 bits per heavy atom. The van der Waals surface area contributed by atoms with E-state index in [1.54, 1.807) is 0 Å². The zero-order valence-electron chi connectivity index (χ0n) is 15.9. The van der Waals surface area contributed by atoms with Crippen molar-refractivity contribution in [2.75, 3.05) is 0 Å². The molecule has 5 heteroatoms. The van der Waals surface area contributed by atoms with E-state index in [2.05, 4.69) is 51.2 Å². The molecule has 138 valence electrons. The second kappa shape index (κ2) is 6.61. The van der Waals surface area contributed by atoms with Gasteiger partial charge in [-0.1, -0.05) is 39.8 Å². The Bertz CT molecular complexity index is 709. The molecule has 0 spiro atoms. The number of nitrogens with zero attached hydrogens (tertiary/aromatic N) is 1. The molecule has 2 aromatic heterocycles. The molecule has 5 nitrogen and oxygen atoms in total. The second-order valence-corrected chi connectivity index (χ2v) is 8.85. The van der Waals surface area contributed by atoms with E-state index in [9.17, 15) is 0 Å². The third kappa shape index (κ3) is 3.82. The van der Waals surface area contributed by atoms with Crippen LogP contribution in [-0.4, -0.2) is 16.3 Å². The fourth-order valence-corrected chi connectivity index (χ4v) is 3.55. The average Bonchev–Trinajstić information content (AvgIpc) is 3.18. The van der Waals surface area contributed by atoms with E-state index in [0.29, 0.717) is 24.3 Å². The standard InChI is InChI=1S/C20H30N2O3/c1-19(2,3)18-10-14(22-25-18)8-13-9-17(20(13,4)5)21-11-15-6-7-16(12-23)24-15/h6-7,10,13,17,21,23H,8-9,11-12H2,1-5H3/t13-,17+/m1/s1. The third-order valence-electron chi connectivity index (χ3n) is 5.62. The summed E-state index contributed by atoms with van der Waals surface area (Å²) in [5, 5.41) is 16.9. The van der Waals surface area contributed by atoms with Gasteiger partial charge in [0.15, 0.2) is 0 Å². The molecule has 0 amide bonds. The van der Waals surface area contributed by atoms with Gasteiger partial charge in [0.1, 0.15) is 23.9 Å². The molecule has 2 atom stereocenters. The van der Waals surface area contributed by atoms with E-state index < -0.39 is 0 Å². The highest BCUT2D eigenvalue weighted by molar-refractivity contribution is 5.16. The first-order valence-corrected chi connectivity index (χ1v) is 9.08. The Morgan fingerprint density at radius 1 is 1.28 bits per heavy atom. The average molecular weight is 346 g/mol. The summed E-state index contributed by atoms with van der Waals surface area (Å²) in [6.45, 7) is 11.7. The summed E-state index contributed by atoms with van der Waals surface area (Å²) < 4.78 is 11.1. The first kappa shape index (κ1) is 18.2. The smallest absolute Gasteiger partial charge is 0.142 e. The summed E-state index contributed by atoms with van der Waals surface area (Å²) in [6, 6.07) is 6.30. The van der Waals surface area contributed by atoms with Gasteiger partial charge in [-0.15, -0.1) is 0 Å². The van der Waals surface area contributed by atoms with Crippen LogP contribution in [0.25, 0.3) is 0 Å². The Morgan fingerprint density at radius 2 is 2.00 bits per heavy atom. The maximum atomic E-state index is 9.07. The van der Waals surface area contributed by atoms with Crippen LogP contribution in [0.5, 0.6) is 0 Å². The highest BCUT2D eigenvalue weighted by Crippen LogP contribution is 2.48. The molecule has 0 aromatic carbocycles. The molecule has 1 saturated carbocycles. The molecule has 1 fully saturated rings. The quantitative estimate of drug-likeness (QED) is 0.832. The van der Waals surface area contributed by atoms with E-state index in [1.165, 1.54) is 0 Å². The maximum Gasteiger partial charge on any atom is 0.142 e. The van der Waals surface area contributed by atoms with Crippen molar-refractivity contribution in [3.05, 3.63) is 41.2 Å². The number of aliphatic hydroxyl groups excluding tert-OH is 1. The molecule has 0 unspecified atom stereocenters. The fraction of sp³-hybridized carbons (Fsp3) is 0.650. The topological polar surface area (TPSA) is 71.4 Å². The molecular weight excluding hydrogens is 316 g/mol. The van der Waals surface area contributed by atoms with Gasteiger partial charge in [-0.2, -0.15) is 0 Å². The van der Waals surface area contributed by atoms with Crippen molar-refractivity contribution in [2.24, 2.45) is 11.3 Å². The largest absolute Gasteiger partial charge is 0.462 e. The Kier molecular flexibility index (Phi) is 4.82. The Balaban J connectivity index is 1.53. The molecule has 0 bridgehead atoms. The van der Waals surface area contributed by atoms with Crippen molar-refractivity contribution in [1.82, 2.24) is 10.5 Å². The first-order valence-electron chi connectivity index (χ1n) is 9.08. The zero-order valence-corrected chi connectivity index (χ0v) is 15.9. The van der Waals surface area contributed by atoms with Crippen molar-refractivity contribution in [1.29, 1.82) is 0 Å². The Labute approximate surface area is 149 Å². The van der Waals surface area contributed by atoms with Crippen LogP contribution in [0, 0.1) is 11.3 Å². The van der Waals surface area contributed by atoms with Gasteiger partial charge in [-0.3, -0.25) is 0 Å². The number of hydrogen-bond acceptors (Lipinski definition) is 5. The molecule has 3 rings (SSSR count). The molecule has 0 radical (unpaired) electrons. The van der Waals surface area contributed by atoms with Gasteiger partial charge >= 0.3 is 0 Å². The highest BCUT2D eigenvalue weighted by atomic mass is 16.5. The molecule has 1 aliphatic carbocycles. The summed E-state index contributed by atoms with van der Waals surface area (Å²) in [4.78, 5) is 0. The van der Waals surface area contributed by atoms with Crippen molar-refractivity contribution in [2.45, 2.75) is 72.1 Å². The molecule has 2 heterocycles. The van der Waals surface area contributed by atoms with Gasteiger partial charge in [0.05, 0.1) is 12.2 Å². The van der Waals surface area contributed by atoms with Gasteiger partial charge in [-0.05, 0) is 36.3 Å². The summed E-state index contributed by atoms with van der Waals surface area (Å²) >= 11 is 0.